The lowest BCUT2D eigenvalue weighted by Crippen LogP contribution is -2.43. The largest absolute Gasteiger partial charge is 0.472 e. The molecule has 2 unspecified atom stereocenters. The average Bonchev–Trinajstić information content (AvgIpc) is 3.71. The molecule has 5 heterocycles. The van der Waals surface area contributed by atoms with E-state index in [1.54, 1.807) is 20.1 Å². The van der Waals surface area contributed by atoms with E-state index in [1.807, 2.05) is 13.8 Å². The number of methoxy groups -OCH3 is 2. The quantitative estimate of drug-likeness (QED) is 0.186. The summed E-state index contributed by atoms with van der Waals surface area (Å²) in [6.07, 6.45) is -2.65. The molecule has 276 valence electrons. The molecule has 0 bridgehead atoms. The van der Waals surface area contributed by atoms with E-state index in [0.29, 0.717) is 11.4 Å². The molecule has 10 atom stereocenters. The van der Waals surface area contributed by atoms with Crippen LogP contribution >= 0.6 is 7.82 Å². The number of hydrogen-bond donors (Lipinski definition) is 4. The number of fused-ring (bicyclic) bond motifs is 1. The third-order valence-electron chi connectivity index (χ3n) is 8.54. The predicted molar refractivity (Wildman–Crippen MR) is 178 cm³/mol. The number of rotatable bonds is 15. The van der Waals surface area contributed by atoms with Crippen molar-refractivity contribution in [3.63, 3.8) is 0 Å². The van der Waals surface area contributed by atoms with E-state index in [4.69, 9.17) is 44.2 Å². The fourth-order valence-corrected chi connectivity index (χ4v) is 7.56. The Morgan fingerprint density at radius 3 is 2.48 bits per heavy atom. The highest BCUT2D eigenvalue weighted by molar-refractivity contribution is 7.47. The number of phosphoric acid groups is 1. The van der Waals surface area contributed by atoms with E-state index in [-0.39, 0.29) is 37.3 Å². The first-order chi connectivity index (χ1) is 23.7. The van der Waals surface area contributed by atoms with Gasteiger partial charge >= 0.3 is 13.5 Å². The average molecular weight is 725 g/mol. The molecule has 3 aliphatic heterocycles. The molecule has 3 aliphatic rings. The van der Waals surface area contributed by atoms with Crippen molar-refractivity contribution in [2.24, 2.45) is 10.9 Å². The molecule has 50 heavy (non-hydrogen) atoms. The molecule has 0 radical (unpaired) electrons. The topological polar surface area (TPSA) is 256 Å². The van der Waals surface area contributed by atoms with Crippen molar-refractivity contribution in [3.8, 4) is 0 Å². The van der Waals surface area contributed by atoms with Crippen LogP contribution in [0.15, 0.2) is 28.4 Å². The Morgan fingerprint density at radius 2 is 1.82 bits per heavy atom. The van der Waals surface area contributed by atoms with Crippen LogP contribution in [0.1, 0.15) is 52.0 Å². The second kappa shape index (κ2) is 15.9. The van der Waals surface area contributed by atoms with E-state index >= 15 is 0 Å². The molecule has 0 saturated carbocycles. The zero-order valence-electron chi connectivity index (χ0n) is 28.6. The number of carbonyl (C=O) groups is 1. The Morgan fingerprint density at radius 1 is 1.08 bits per heavy atom. The molecule has 1 amide bonds. The van der Waals surface area contributed by atoms with Crippen LogP contribution in [0, 0.1) is 5.92 Å². The minimum Gasteiger partial charge on any atom is -0.383 e. The Hall–Kier alpha value is -3.39. The maximum absolute atomic E-state index is 13.6. The molecule has 0 aromatic carbocycles. The van der Waals surface area contributed by atoms with Crippen molar-refractivity contribution in [1.82, 2.24) is 24.8 Å². The van der Waals surface area contributed by atoms with Gasteiger partial charge in [0.15, 0.2) is 12.0 Å². The number of nitrogens with two attached hydrogens (primary N) is 2. The lowest BCUT2D eigenvalue weighted by atomic mass is 9.93. The van der Waals surface area contributed by atoms with Crippen molar-refractivity contribution in [1.29, 1.82) is 0 Å². The molecule has 0 spiro atoms. The first kappa shape index (κ1) is 37.9. The summed E-state index contributed by atoms with van der Waals surface area (Å²) in [7, 11) is -1.74. The summed E-state index contributed by atoms with van der Waals surface area (Å²) < 4.78 is 55.1. The van der Waals surface area contributed by atoms with Crippen LogP contribution in [0.3, 0.4) is 0 Å². The van der Waals surface area contributed by atoms with Crippen LogP contribution in [-0.2, 0) is 42.1 Å². The van der Waals surface area contributed by atoms with Crippen molar-refractivity contribution in [2.45, 2.75) is 95.1 Å². The number of ether oxygens (including phenoxy) is 5. The van der Waals surface area contributed by atoms with Gasteiger partial charge in [-0.25, -0.2) is 19.3 Å². The van der Waals surface area contributed by atoms with E-state index < -0.39 is 80.2 Å². The van der Waals surface area contributed by atoms with Crippen LogP contribution < -0.4 is 22.5 Å². The molecular formula is C30H45N8O11P. The number of nitrogen functional groups attached to an aromatic ring is 2. The number of nitrogens with one attached hydrogen (secondary N) is 1. The zero-order valence-corrected chi connectivity index (χ0v) is 29.5. The number of carbonyl (C=O) groups excluding carboxylic acids is 1. The molecule has 2 aromatic heterocycles. The predicted octanol–water partition coefficient (Wildman–Crippen LogP) is 0.850. The van der Waals surface area contributed by atoms with Gasteiger partial charge in [0.2, 0.25) is 5.91 Å². The van der Waals surface area contributed by atoms with E-state index in [1.165, 1.54) is 37.4 Å². The molecule has 2 saturated heterocycles. The number of anilines is 2. The third kappa shape index (κ3) is 8.38. The van der Waals surface area contributed by atoms with Crippen molar-refractivity contribution in [3.05, 3.63) is 34.8 Å². The summed E-state index contributed by atoms with van der Waals surface area (Å²) in [6, 6.07) is 1.47. The third-order valence-corrected chi connectivity index (χ3v) is 9.74. The van der Waals surface area contributed by atoms with Gasteiger partial charge in [-0.2, -0.15) is 4.98 Å². The molecular weight excluding hydrogens is 679 g/mol. The van der Waals surface area contributed by atoms with Gasteiger partial charge in [0.25, 0.3) is 0 Å². The maximum Gasteiger partial charge on any atom is 0.472 e. The first-order valence-corrected chi connectivity index (χ1v) is 17.7. The van der Waals surface area contributed by atoms with Crippen molar-refractivity contribution < 1.29 is 47.0 Å². The zero-order chi connectivity index (χ0) is 36.3. The second-order valence-electron chi connectivity index (χ2n) is 12.7. The monoisotopic (exact) mass is 724 g/mol. The highest BCUT2D eigenvalue weighted by Gasteiger charge is 2.53. The number of aliphatic imine (C=N–C) groups is 1. The number of nitrogens with zero attached hydrogens (tertiary/aromatic N) is 5. The van der Waals surface area contributed by atoms with Crippen LogP contribution in [0.25, 0.3) is 0 Å². The molecule has 6 N–H and O–H groups in total. The van der Waals surface area contributed by atoms with Gasteiger partial charge in [0, 0.05) is 45.5 Å². The van der Waals surface area contributed by atoms with Crippen LogP contribution in [0.5, 0.6) is 0 Å². The molecule has 2 aromatic rings. The minimum atomic E-state index is -4.61. The Bertz CT molecular complexity index is 1640. The van der Waals surface area contributed by atoms with E-state index in [2.05, 4.69) is 25.3 Å². The van der Waals surface area contributed by atoms with Gasteiger partial charge in [0.05, 0.1) is 36.5 Å². The summed E-state index contributed by atoms with van der Waals surface area (Å²) in [4.78, 5) is 53.4. The number of amides is 1. The number of aromatic nitrogens is 4. The highest BCUT2D eigenvalue weighted by atomic mass is 31.2. The van der Waals surface area contributed by atoms with Crippen molar-refractivity contribution >= 4 is 37.3 Å². The summed E-state index contributed by atoms with van der Waals surface area (Å²) in [5, 5.41) is 2.86. The Balaban J connectivity index is 1.35. The molecule has 2 fully saturated rings. The second-order valence-corrected chi connectivity index (χ2v) is 14.0. The Kier molecular flexibility index (Phi) is 12.0. The smallest absolute Gasteiger partial charge is 0.383 e. The van der Waals surface area contributed by atoms with Gasteiger partial charge in [0.1, 0.15) is 48.4 Å². The van der Waals surface area contributed by atoms with Gasteiger partial charge in [-0.1, -0.05) is 0 Å². The molecule has 19 nitrogen and oxygen atoms in total. The van der Waals surface area contributed by atoms with Crippen LogP contribution in [-0.4, -0.2) is 113 Å². The minimum absolute atomic E-state index is 0.0540. The van der Waals surface area contributed by atoms with Gasteiger partial charge in [-0.05, 0) is 33.8 Å². The van der Waals surface area contributed by atoms with Crippen LogP contribution in [0.2, 0.25) is 0 Å². The van der Waals surface area contributed by atoms with Gasteiger partial charge in [-0.3, -0.25) is 23.4 Å². The standard InChI is InChI=1S/C30H45N8O11P/c1-14(2)45-12-19-16(25(43-5)29(47-19)38-8-7-20(31)37-30(38)40)9-21(39)33-11-18-26(49-50(41,42)48-15(3)4)27(44-6)24(46-18)17-10-34-23-22(17)35-13-36-28(23)32/h7-8,10,13-19,24-27,29H,9,11-12H2,1-6H3,(H,33,39)(H,41,42)(H2,31,37,40)(H2,32,35,36)/t16-,17?,18-,19-,24+,25-,26-,27+,29-/m1/s1. The lowest BCUT2D eigenvalue weighted by Gasteiger charge is -2.27. The SMILES string of the molecule is CO[C@@H]1[C@H](CC(=O)NC[C@H]2O[C@@H](C3C=Nc4c(N)ncnc43)[C@H](OC)[C@@H]2OP(=O)(O)OC(C)C)[C@@H](COC(C)C)O[C@H]1n1ccc(N)nc1=O. The summed E-state index contributed by atoms with van der Waals surface area (Å²) in [6.45, 7) is 6.89. The lowest BCUT2D eigenvalue weighted by molar-refractivity contribution is -0.124. The van der Waals surface area contributed by atoms with Gasteiger partial charge < -0.3 is 45.4 Å². The number of hydrogen-bond acceptors (Lipinski definition) is 16. The number of phosphoric ester groups is 1. The summed E-state index contributed by atoms with van der Waals surface area (Å²) in [5.41, 5.74) is 11.9. The molecule has 20 heteroatoms. The van der Waals surface area contributed by atoms with Crippen LogP contribution in [0.4, 0.5) is 17.3 Å². The Labute approximate surface area is 288 Å². The molecule has 0 aliphatic carbocycles. The van der Waals surface area contributed by atoms with E-state index in [0.717, 1.165) is 0 Å². The summed E-state index contributed by atoms with van der Waals surface area (Å²) >= 11 is 0. The fraction of sp³-hybridized carbons (Fsp3) is 0.667. The van der Waals surface area contributed by atoms with E-state index in [9.17, 15) is 19.0 Å². The summed E-state index contributed by atoms with van der Waals surface area (Å²) in [5.74, 6) is -1.31. The normalized spacial score (nSPS) is 30.2. The maximum atomic E-state index is 13.6. The van der Waals surface area contributed by atoms with Crippen molar-refractivity contribution in [2.75, 3.05) is 38.8 Å². The first-order valence-electron chi connectivity index (χ1n) is 16.2. The fourth-order valence-electron chi connectivity index (χ4n) is 6.41. The van der Waals surface area contributed by atoms with Gasteiger partial charge in [-0.15, -0.1) is 0 Å². The highest BCUT2D eigenvalue weighted by Crippen LogP contribution is 2.50. The molecule has 5 rings (SSSR count).